The number of halogens is 8. The minimum atomic E-state index is -5.27. The Balaban J connectivity index is 1.25. The molecule has 6 atom stereocenters. The Morgan fingerprint density at radius 3 is 2.11 bits per heavy atom. The van der Waals surface area contributed by atoms with E-state index < -0.39 is 87.8 Å². The summed E-state index contributed by atoms with van der Waals surface area (Å²) in [5.41, 5.74) is -2.34. The molecule has 0 aromatic heterocycles. The molecule has 3 fully saturated rings. The lowest BCUT2D eigenvalue weighted by atomic mass is 9.49. The van der Waals surface area contributed by atoms with Gasteiger partial charge in [-0.1, -0.05) is 83.4 Å². The number of rotatable bonds is 6. The lowest BCUT2D eigenvalue weighted by molar-refractivity contribution is -0.143. The maximum Gasteiger partial charge on any atom is 0.416 e. The number of anilines is 2. The molecule has 1 saturated carbocycles. The highest BCUT2D eigenvalue weighted by atomic mass is 35.5. The third kappa shape index (κ3) is 6.22. The zero-order valence-electron chi connectivity index (χ0n) is 32.0. The Morgan fingerprint density at radius 2 is 1.47 bits per heavy atom. The van der Waals surface area contributed by atoms with Gasteiger partial charge in [0.2, 0.25) is 11.8 Å². The van der Waals surface area contributed by atoms with E-state index in [4.69, 9.17) is 27.9 Å². The van der Waals surface area contributed by atoms with Crippen molar-refractivity contribution in [3.05, 3.63) is 141 Å². The van der Waals surface area contributed by atoms with Gasteiger partial charge in [-0.15, -0.1) is 0 Å². The van der Waals surface area contributed by atoms with E-state index in [0.717, 1.165) is 5.01 Å². The van der Waals surface area contributed by atoms with Crippen molar-refractivity contribution in [2.24, 2.45) is 23.7 Å². The fraction of sp³-hybridized carbons (Fsp3) is 0.244. The highest BCUT2D eigenvalue weighted by Gasteiger charge is 2.71. The molecule has 9 nitrogen and oxygen atoms in total. The molecule has 62 heavy (non-hydrogen) atoms. The van der Waals surface area contributed by atoms with Gasteiger partial charge in [0.05, 0.1) is 57.8 Å². The second kappa shape index (κ2) is 14.5. The summed E-state index contributed by atoms with van der Waals surface area (Å²) in [6.07, 6.45) is -9.37. The Kier molecular flexibility index (Phi) is 9.67. The molecule has 4 aliphatic rings. The molecule has 5 aromatic carbocycles. The number of phenols is 1. The fourth-order valence-corrected chi connectivity index (χ4v) is 10.5. The largest absolute Gasteiger partial charge is 0.507 e. The number of nitrogens with zero attached hydrogens (tertiary/aromatic N) is 2. The SMILES string of the molecule is COc1ccc(C23C(=O)N(Nc4ccc(Cl)cc4Cl)C(=O)C2CC2C(=CCC4C(=O)N(c5cc(C(F)(F)F)cc(C(F)(F)F)c5)C(=O)C42)C3c2ccc3ccccc3c2O)cc1. The first-order valence-electron chi connectivity index (χ1n) is 19.2. The van der Waals surface area contributed by atoms with Crippen molar-refractivity contribution in [2.45, 2.75) is 36.5 Å². The van der Waals surface area contributed by atoms with Crippen LogP contribution in [0.15, 0.2) is 109 Å². The number of ether oxygens (including phenoxy) is 1. The quantitative estimate of drug-likeness (QED) is 0.0991. The number of carbonyl (C=O) groups is 4. The van der Waals surface area contributed by atoms with Crippen molar-refractivity contribution in [1.82, 2.24) is 5.01 Å². The van der Waals surface area contributed by atoms with Crippen LogP contribution in [0.2, 0.25) is 10.0 Å². The van der Waals surface area contributed by atoms with Gasteiger partial charge in [0.25, 0.3) is 11.8 Å². The number of carbonyl (C=O) groups excluding carboxylic acids is 4. The predicted molar refractivity (Wildman–Crippen MR) is 215 cm³/mol. The van der Waals surface area contributed by atoms with Crippen molar-refractivity contribution < 1.29 is 55.4 Å². The van der Waals surface area contributed by atoms with Crippen LogP contribution in [0.3, 0.4) is 0 Å². The van der Waals surface area contributed by atoms with Gasteiger partial charge in [-0.2, -0.15) is 31.4 Å². The Labute approximate surface area is 358 Å². The molecule has 4 amide bonds. The van der Waals surface area contributed by atoms with Gasteiger partial charge in [-0.3, -0.25) is 24.6 Å². The van der Waals surface area contributed by atoms with E-state index >= 15 is 9.59 Å². The molecule has 5 aromatic rings. The standard InChI is InChI=1S/C45H31Cl2F6N3O6/c1-62-27-10-7-22(8-11-27)43-33(40(59)56(42(43)61)54-35-15-9-25(46)19-34(35)47)20-32-29(37(43)31-12-6-21-4-2-3-5-28(21)38(31)57)13-14-30-36(32)41(60)55(39(30)58)26-17-23(44(48,49)50)16-24(18-26)45(51,52)53/h2-13,15-19,30,32-33,36-37,54,57H,14,20H2,1H3. The van der Waals surface area contributed by atoms with Crippen molar-refractivity contribution in [1.29, 1.82) is 0 Å². The number of imide groups is 2. The van der Waals surface area contributed by atoms with Gasteiger partial charge in [0.1, 0.15) is 11.5 Å². The molecule has 0 spiro atoms. The molecule has 6 unspecified atom stereocenters. The first-order valence-corrected chi connectivity index (χ1v) is 19.9. The van der Waals surface area contributed by atoms with Crippen LogP contribution in [-0.2, 0) is 36.9 Å². The molecule has 0 radical (unpaired) electrons. The summed E-state index contributed by atoms with van der Waals surface area (Å²) in [6.45, 7) is 0. The van der Waals surface area contributed by atoms with E-state index in [1.54, 1.807) is 66.7 Å². The molecular weight excluding hydrogens is 863 g/mol. The molecule has 2 aliphatic carbocycles. The number of hydrazine groups is 1. The smallest absolute Gasteiger partial charge is 0.416 e. The number of methoxy groups -OCH3 is 1. The lowest BCUT2D eigenvalue weighted by Gasteiger charge is -2.50. The maximum absolute atomic E-state index is 15.6. The van der Waals surface area contributed by atoms with Gasteiger partial charge in [-0.05, 0) is 78.2 Å². The minimum absolute atomic E-state index is 0.0628. The van der Waals surface area contributed by atoms with Crippen LogP contribution in [0.5, 0.6) is 11.5 Å². The molecule has 2 heterocycles. The first-order chi connectivity index (χ1) is 29.4. The van der Waals surface area contributed by atoms with E-state index in [-0.39, 0.29) is 46.0 Å². The van der Waals surface area contributed by atoms with E-state index in [1.807, 2.05) is 0 Å². The molecule has 2 saturated heterocycles. The predicted octanol–water partition coefficient (Wildman–Crippen LogP) is 10.1. The van der Waals surface area contributed by atoms with E-state index in [1.165, 1.54) is 25.3 Å². The van der Waals surface area contributed by atoms with Crippen LogP contribution in [0, 0.1) is 23.7 Å². The highest BCUT2D eigenvalue weighted by molar-refractivity contribution is 6.36. The minimum Gasteiger partial charge on any atom is -0.507 e. The molecule has 0 bridgehead atoms. The fourth-order valence-electron chi connectivity index (χ4n) is 10.0. The number of benzene rings is 5. The van der Waals surface area contributed by atoms with E-state index in [0.29, 0.717) is 44.7 Å². The summed E-state index contributed by atoms with van der Waals surface area (Å²) in [4.78, 5) is 59.9. The topological polar surface area (TPSA) is 116 Å². The first kappa shape index (κ1) is 41.3. The number of fused-ring (bicyclic) bond motifs is 5. The van der Waals surface area contributed by atoms with Crippen LogP contribution in [-0.4, -0.2) is 40.9 Å². The Morgan fingerprint density at radius 1 is 0.790 bits per heavy atom. The summed E-state index contributed by atoms with van der Waals surface area (Å²) in [7, 11) is 1.44. The highest BCUT2D eigenvalue weighted by Crippen LogP contribution is 2.65. The van der Waals surface area contributed by atoms with Crippen molar-refractivity contribution in [3.8, 4) is 11.5 Å². The molecule has 2 aliphatic heterocycles. The third-order valence-electron chi connectivity index (χ3n) is 12.7. The van der Waals surface area contributed by atoms with Gasteiger partial charge >= 0.3 is 12.4 Å². The summed E-state index contributed by atoms with van der Waals surface area (Å²) in [6, 6.07) is 21.5. The second-order valence-electron chi connectivity index (χ2n) is 15.7. The molecule has 318 valence electrons. The molecule has 9 rings (SSSR count). The van der Waals surface area contributed by atoms with Crippen LogP contribution in [0.1, 0.15) is 41.0 Å². The number of hydrogen-bond acceptors (Lipinski definition) is 7. The normalized spacial score (nSPS) is 24.9. The lowest BCUT2D eigenvalue weighted by Crippen LogP contribution is -2.53. The maximum atomic E-state index is 15.6. The van der Waals surface area contributed by atoms with Crippen LogP contribution < -0.4 is 15.1 Å². The van der Waals surface area contributed by atoms with E-state index in [2.05, 4.69) is 5.43 Å². The van der Waals surface area contributed by atoms with Gasteiger partial charge in [0, 0.05) is 21.9 Å². The number of allylic oxidation sites excluding steroid dienone is 2. The summed E-state index contributed by atoms with van der Waals surface area (Å²) in [5.74, 6) is -9.76. The zero-order valence-corrected chi connectivity index (χ0v) is 33.5. The van der Waals surface area contributed by atoms with Crippen molar-refractivity contribution in [2.75, 3.05) is 17.4 Å². The molecule has 17 heteroatoms. The Bertz CT molecular complexity index is 2750. The average Bonchev–Trinajstić information content (AvgIpc) is 3.62. The molecule has 2 N–H and O–H groups in total. The van der Waals surface area contributed by atoms with Gasteiger partial charge in [-0.25, -0.2) is 4.90 Å². The Hall–Kier alpha value is -6.06. The summed E-state index contributed by atoms with van der Waals surface area (Å²) in [5, 5.41) is 14.4. The third-order valence-corrected chi connectivity index (χ3v) is 13.2. The van der Waals surface area contributed by atoms with Crippen LogP contribution >= 0.6 is 23.2 Å². The molecular formula is C45H31Cl2F6N3O6. The number of phenolic OH excluding ortho intramolecular Hbond substituents is 1. The zero-order chi connectivity index (χ0) is 44.2. The van der Waals surface area contributed by atoms with Gasteiger partial charge in [0.15, 0.2) is 0 Å². The number of alkyl halides is 6. The number of aromatic hydroxyl groups is 1. The second-order valence-corrected chi connectivity index (χ2v) is 16.6. The van der Waals surface area contributed by atoms with Crippen molar-refractivity contribution >= 4 is 69.0 Å². The number of hydrogen-bond donors (Lipinski definition) is 2. The number of nitrogens with one attached hydrogen (secondary N) is 1. The van der Waals surface area contributed by atoms with Crippen LogP contribution in [0.25, 0.3) is 10.8 Å². The average molecular weight is 895 g/mol. The van der Waals surface area contributed by atoms with Crippen molar-refractivity contribution in [3.63, 3.8) is 0 Å². The van der Waals surface area contributed by atoms with Gasteiger partial charge < -0.3 is 9.84 Å². The number of amides is 4. The monoisotopic (exact) mass is 893 g/mol. The summed E-state index contributed by atoms with van der Waals surface area (Å²) < 4.78 is 89.5. The summed E-state index contributed by atoms with van der Waals surface area (Å²) >= 11 is 12.7. The van der Waals surface area contributed by atoms with E-state index in [9.17, 15) is 41.0 Å². The van der Waals surface area contributed by atoms with Crippen LogP contribution in [0.4, 0.5) is 37.7 Å².